The highest BCUT2D eigenvalue weighted by molar-refractivity contribution is 7.95. The van der Waals surface area contributed by atoms with Gasteiger partial charge < -0.3 is 0 Å². The molecule has 0 unspecified atom stereocenters. The number of hydrogen-bond acceptors (Lipinski definition) is 0. The van der Waals surface area contributed by atoms with Crippen molar-refractivity contribution in [2.75, 3.05) is 12.3 Å². The number of hydrogen-bond donors (Lipinski definition) is 0. The van der Waals surface area contributed by atoms with E-state index in [0.29, 0.717) is 0 Å². The van der Waals surface area contributed by atoms with Gasteiger partial charge in [-0.15, -0.1) is 0 Å². The van der Waals surface area contributed by atoms with Gasteiger partial charge in [0.25, 0.3) is 0 Å². The zero-order valence-corrected chi connectivity index (χ0v) is 50.1. The van der Waals surface area contributed by atoms with Crippen LogP contribution in [0.4, 0.5) is 0 Å². The summed E-state index contributed by atoms with van der Waals surface area (Å²) in [6.07, 6.45) is 5.99. The molecule has 12 aromatic carbocycles. The van der Waals surface area contributed by atoms with Gasteiger partial charge in [0.15, 0.2) is 0 Å². The maximum Gasteiger partial charge on any atom is 0.116 e. The van der Waals surface area contributed by atoms with Gasteiger partial charge in [0.2, 0.25) is 0 Å². The molecular formula is C78H70P4+4. The molecule has 82 heavy (non-hydrogen) atoms. The summed E-state index contributed by atoms with van der Waals surface area (Å²) in [5, 5.41) is 14.3. The van der Waals surface area contributed by atoms with Crippen molar-refractivity contribution in [1.29, 1.82) is 0 Å². The molecule has 0 spiro atoms. The van der Waals surface area contributed by atoms with Crippen molar-refractivity contribution in [1.82, 2.24) is 0 Å². The van der Waals surface area contributed by atoms with Crippen LogP contribution in [0.3, 0.4) is 0 Å². The van der Waals surface area contributed by atoms with Crippen molar-refractivity contribution in [3.63, 3.8) is 0 Å². The number of benzene rings is 12. The van der Waals surface area contributed by atoms with Crippen LogP contribution < -0.4 is 53.0 Å². The second kappa shape index (κ2) is 25.7. The van der Waals surface area contributed by atoms with E-state index in [1.165, 1.54) is 75.3 Å². The van der Waals surface area contributed by atoms with Crippen molar-refractivity contribution < 1.29 is 0 Å². The lowest BCUT2D eigenvalue weighted by Crippen LogP contribution is -2.33. The minimum absolute atomic E-state index is 0.945. The molecule has 0 saturated heterocycles. The molecule has 0 aliphatic rings. The summed E-state index contributed by atoms with van der Waals surface area (Å²) in [4.78, 5) is 0. The average Bonchev–Trinajstić information content (AvgIpc) is 3.71. The van der Waals surface area contributed by atoms with Gasteiger partial charge in [-0.25, -0.2) is 0 Å². The van der Waals surface area contributed by atoms with Crippen LogP contribution >= 0.6 is 29.0 Å². The van der Waals surface area contributed by atoms with Crippen molar-refractivity contribution in [3.8, 4) is 0 Å². The second-order valence-corrected chi connectivity index (χ2v) is 36.1. The fourth-order valence-corrected chi connectivity index (χ4v) is 31.3. The topological polar surface area (TPSA) is 0 Å². The Kier molecular flexibility index (Phi) is 17.2. The summed E-state index contributed by atoms with van der Waals surface area (Å²) in [6, 6.07) is 134. The summed E-state index contributed by atoms with van der Waals surface area (Å²) in [7, 11) is -8.46. The molecule has 0 heterocycles. The van der Waals surface area contributed by atoms with Crippen LogP contribution in [-0.2, 0) is 24.6 Å². The standard InChI is InChI=1S/C78H70P4/c1-11-31-69(32-12-1)79(70-33-13-2-14-34-70,61-65-51-55-67(56-52-65)63-81(73-39-19-5-20-40-73,74-41-21-6-22-42-74)75-43-23-7-24-44-75)59-60-80(71-35-15-3-16-36-71,72-37-17-4-18-38-72)62-66-53-57-68(58-54-66)64-82(76-45-25-8-26-46-76,77-47-27-9-28-48-77)78-49-29-10-30-50-78/h1-58H,59-64H2/q+4. The van der Waals surface area contributed by atoms with E-state index in [2.05, 4.69) is 352 Å². The lowest BCUT2D eigenvalue weighted by molar-refractivity contribution is 1.28. The Labute approximate surface area is 490 Å². The molecule has 0 aromatic heterocycles. The van der Waals surface area contributed by atoms with Gasteiger partial charge in [0, 0.05) is 0 Å². The maximum atomic E-state index is 2.48. The van der Waals surface area contributed by atoms with Gasteiger partial charge in [0.05, 0.1) is 60.4 Å². The summed E-state index contributed by atoms with van der Waals surface area (Å²) in [5.74, 6) is 0. The monoisotopic (exact) mass is 1130 g/mol. The van der Waals surface area contributed by atoms with Gasteiger partial charge in [-0.3, -0.25) is 0 Å². The van der Waals surface area contributed by atoms with E-state index in [1.54, 1.807) is 0 Å². The van der Waals surface area contributed by atoms with E-state index in [4.69, 9.17) is 0 Å². The second-order valence-electron chi connectivity index (χ2n) is 21.6. The molecule has 0 bridgehead atoms. The third kappa shape index (κ3) is 11.5. The van der Waals surface area contributed by atoms with Gasteiger partial charge in [-0.1, -0.05) is 231 Å². The minimum Gasteiger partial charge on any atom is -0.0620 e. The van der Waals surface area contributed by atoms with Crippen LogP contribution in [0, 0.1) is 0 Å². The van der Waals surface area contributed by atoms with Crippen molar-refractivity contribution in [3.05, 3.63) is 374 Å². The van der Waals surface area contributed by atoms with Crippen LogP contribution in [0.25, 0.3) is 0 Å². The summed E-state index contributed by atoms with van der Waals surface area (Å²) >= 11 is 0. The van der Waals surface area contributed by atoms with E-state index < -0.39 is 29.0 Å². The molecule has 398 valence electrons. The van der Waals surface area contributed by atoms with E-state index in [9.17, 15) is 0 Å². The lowest BCUT2D eigenvalue weighted by atomic mass is 10.2. The first-order chi connectivity index (χ1) is 40.6. The molecule has 0 N–H and O–H groups in total. The third-order valence-electron chi connectivity index (χ3n) is 16.8. The molecule has 0 fully saturated rings. The van der Waals surface area contributed by atoms with Crippen LogP contribution in [-0.4, -0.2) is 12.3 Å². The summed E-state index contributed by atoms with van der Waals surface area (Å²) < 4.78 is 0. The normalized spacial score (nSPS) is 12.0. The molecule has 0 amide bonds. The van der Waals surface area contributed by atoms with Gasteiger partial charge in [0.1, 0.15) is 58.7 Å². The van der Waals surface area contributed by atoms with Gasteiger partial charge in [-0.2, -0.15) is 0 Å². The molecule has 4 heteroatoms. The molecule has 0 aliphatic carbocycles. The maximum absolute atomic E-state index is 2.48. The molecule has 0 aliphatic heterocycles. The van der Waals surface area contributed by atoms with E-state index in [1.807, 2.05) is 0 Å². The van der Waals surface area contributed by atoms with E-state index >= 15 is 0 Å². The molecule has 12 aromatic rings. The SMILES string of the molecule is c1ccc([P+](CC[P+](Cc2ccc(C[P+](c3ccccc3)(c3ccccc3)c3ccccc3)cc2)(c2ccccc2)c2ccccc2)(Cc2ccc(C[P+](c3ccccc3)(c3ccccc3)c3ccccc3)cc2)c2ccccc2)cc1. The molecular weight excluding hydrogens is 1060 g/mol. The average molecular weight is 1130 g/mol. The van der Waals surface area contributed by atoms with E-state index in [0.717, 1.165) is 37.0 Å². The molecule has 0 saturated carbocycles. The molecule has 0 atom stereocenters. The Balaban J connectivity index is 0.935. The fourth-order valence-electron chi connectivity index (χ4n) is 12.7. The predicted molar refractivity (Wildman–Crippen MR) is 366 cm³/mol. The quantitative estimate of drug-likeness (QED) is 0.0629. The Hall–Kier alpha value is -7.64. The van der Waals surface area contributed by atoms with Gasteiger partial charge in [-0.05, 0) is 144 Å². The van der Waals surface area contributed by atoms with E-state index in [-0.39, 0.29) is 0 Å². The first-order valence-electron chi connectivity index (χ1n) is 28.8. The molecule has 0 radical (unpaired) electrons. The van der Waals surface area contributed by atoms with Crippen LogP contribution in [0.2, 0.25) is 0 Å². The Morgan fingerprint density at radius 2 is 0.293 bits per heavy atom. The first kappa shape index (κ1) is 54.9. The largest absolute Gasteiger partial charge is 0.116 e. The Morgan fingerprint density at radius 1 is 0.146 bits per heavy atom. The highest BCUT2D eigenvalue weighted by Gasteiger charge is 2.51. The Bertz CT molecular complexity index is 3320. The number of rotatable bonds is 21. The predicted octanol–water partition coefficient (Wildman–Crippen LogP) is 15.7. The van der Waals surface area contributed by atoms with Crippen molar-refractivity contribution in [2.45, 2.75) is 24.6 Å². The highest BCUT2D eigenvalue weighted by atomic mass is 31.2. The fraction of sp³-hybridized carbons (Fsp3) is 0.0769. The van der Waals surface area contributed by atoms with Crippen LogP contribution in [0.1, 0.15) is 22.3 Å². The first-order valence-corrected chi connectivity index (χ1v) is 37.1. The zero-order chi connectivity index (χ0) is 55.3. The lowest BCUT2D eigenvalue weighted by Gasteiger charge is -2.33. The third-order valence-corrected chi connectivity index (χ3v) is 34.9. The summed E-state index contributed by atoms with van der Waals surface area (Å²) in [5.41, 5.74) is 5.53. The van der Waals surface area contributed by atoms with Crippen LogP contribution in [0.15, 0.2) is 352 Å². The zero-order valence-electron chi connectivity index (χ0n) is 46.5. The Morgan fingerprint density at radius 3 is 0.463 bits per heavy atom. The molecule has 0 nitrogen and oxygen atoms in total. The minimum atomic E-state index is -2.15. The smallest absolute Gasteiger partial charge is 0.0620 e. The van der Waals surface area contributed by atoms with Crippen LogP contribution in [0.5, 0.6) is 0 Å². The molecule has 12 rings (SSSR count). The van der Waals surface area contributed by atoms with Crippen molar-refractivity contribution in [2.24, 2.45) is 0 Å². The highest BCUT2D eigenvalue weighted by Crippen LogP contribution is 2.67. The summed E-state index contributed by atoms with van der Waals surface area (Å²) in [6.45, 7) is 0. The van der Waals surface area contributed by atoms with Gasteiger partial charge >= 0.3 is 0 Å². The van der Waals surface area contributed by atoms with Crippen molar-refractivity contribution >= 4 is 82.1 Å².